The van der Waals surface area contributed by atoms with Gasteiger partial charge in [-0.2, -0.15) is 9.61 Å². The molecule has 0 aliphatic heterocycles. The average molecular weight is 425 g/mol. The summed E-state index contributed by atoms with van der Waals surface area (Å²) in [7, 11) is 1.40. The van der Waals surface area contributed by atoms with E-state index in [4.69, 9.17) is 15.5 Å². The van der Waals surface area contributed by atoms with E-state index in [1.807, 2.05) is 13.1 Å². The van der Waals surface area contributed by atoms with Gasteiger partial charge in [0.25, 0.3) is 0 Å². The molecule has 5 rings (SSSR count). The predicted molar refractivity (Wildman–Crippen MR) is 112 cm³/mol. The Kier molecular flexibility index (Phi) is 4.54. The highest BCUT2D eigenvalue weighted by atomic mass is 19.1. The first-order valence-electron chi connectivity index (χ1n) is 10.4. The molecule has 2 atom stereocenters. The highest BCUT2D eigenvalue weighted by Gasteiger charge is 2.39. The van der Waals surface area contributed by atoms with E-state index >= 15 is 0 Å². The van der Waals surface area contributed by atoms with Crippen molar-refractivity contribution in [2.24, 2.45) is 0 Å². The van der Waals surface area contributed by atoms with Crippen molar-refractivity contribution in [3.8, 4) is 5.75 Å². The largest absolute Gasteiger partial charge is 0.494 e. The zero-order valence-corrected chi connectivity index (χ0v) is 17.4. The average Bonchev–Trinajstić information content (AvgIpc) is 3.42. The molecule has 1 saturated carbocycles. The fourth-order valence-corrected chi connectivity index (χ4v) is 4.49. The summed E-state index contributed by atoms with van der Waals surface area (Å²) >= 11 is 0. The Labute approximate surface area is 177 Å². The number of ether oxygens (including phenoxy) is 1. The highest BCUT2D eigenvalue weighted by molar-refractivity contribution is 5.93. The van der Waals surface area contributed by atoms with Crippen LogP contribution in [0.4, 0.5) is 10.3 Å². The molecule has 1 aliphatic carbocycles. The van der Waals surface area contributed by atoms with E-state index in [-0.39, 0.29) is 17.6 Å². The Balaban J connectivity index is 1.56. The van der Waals surface area contributed by atoms with Crippen molar-refractivity contribution >= 4 is 22.5 Å². The van der Waals surface area contributed by atoms with E-state index in [1.54, 1.807) is 10.9 Å². The number of fused-ring (bicyclic) bond motifs is 3. The lowest BCUT2D eigenvalue weighted by molar-refractivity contribution is -0.00946. The van der Waals surface area contributed by atoms with Crippen LogP contribution in [0.2, 0.25) is 0 Å². The van der Waals surface area contributed by atoms with Crippen LogP contribution in [0.25, 0.3) is 16.6 Å². The number of halogens is 1. The first kappa shape index (κ1) is 19.7. The maximum absolute atomic E-state index is 14.3. The van der Waals surface area contributed by atoms with E-state index in [9.17, 15) is 9.50 Å². The normalized spacial score (nSPS) is 21.7. The molecule has 3 aromatic heterocycles. The standard InChI is InChI=1S/C21H24FN7O2/c1-3-28-11-13(10-24-28)21(30)6-4-5-12(9-21)18-26-19-14-7-15(22)17(31-2)8-16(14)25-20(23)29(19)27-18/h7-8,10-12,30H,3-6,9H2,1-2H3,(H2,23,25)/t12-,21+/m1/s1. The van der Waals surface area contributed by atoms with Crippen molar-refractivity contribution in [3.63, 3.8) is 0 Å². The van der Waals surface area contributed by atoms with Crippen molar-refractivity contribution in [3.05, 3.63) is 41.7 Å². The smallest absolute Gasteiger partial charge is 0.223 e. The van der Waals surface area contributed by atoms with E-state index in [1.165, 1.54) is 23.8 Å². The number of anilines is 1. The zero-order valence-electron chi connectivity index (χ0n) is 17.4. The summed E-state index contributed by atoms with van der Waals surface area (Å²) in [5.74, 6) is 0.242. The van der Waals surface area contributed by atoms with E-state index in [2.05, 4.69) is 15.2 Å². The number of nitrogen functional groups attached to an aromatic ring is 1. The molecule has 3 heterocycles. The number of hydrogen-bond acceptors (Lipinski definition) is 7. The minimum atomic E-state index is -0.987. The molecular formula is C21H24FN7O2. The van der Waals surface area contributed by atoms with E-state index < -0.39 is 11.4 Å². The molecule has 162 valence electrons. The summed E-state index contributed by atoms with van der Waals surface area (Å²) < 4.78 is 22.6. The Morgan fingerprint density at radius 2 is 2.19 bits per heavy atom. The SMILES string of the molecule is CCn1cc([C@]2(O)CCC[C@@H](c3nc4c5cc(F)c(OC)cc5nc(N)n4n3)C2)cn1. The molecule has 0 bridgehead atoms. The van der Waals surface area contributed by atoms with Gasteiger partial charge in [0.2, 0.25) is 5.95 Å². The fraction of sp³-hybridized carbons (Fsp3) is 0.429. The Morgan fingerprint density at radius 1 is 1.35 bits per heavy atom. The molecule has 0 unspecified atom stereocenters. The van der Waals surface area contributed by atoms with Gasteiger partial charge in [-0.1, -0.05) is 0 Å². The highest BCUT2D eigenvalue weighted by Crippen LogP contribution is 2.43. The monoisotopic (exact) mass is 425 g/mol. The molecule has 0 radical (unpaired) electrons. The van der Waals surface area contributed by atoms with Gasteiger partial charge in [0.05, 0.1) is 24.4 Å². The van der Waals surface area contributed by atoms with Crippen molar-refractivity contribution in [1.82, 2.24) is 29.4 Å². The third-order valence-corrected chi connectivity index (χ3v) is 6.17. The van der Waals surface area contributed by atoms with Gasteiger partial charge in [0, 0.05) is 35.7 Å². The summed E-state index contributed by atoms with van der Waals surface area (Å²) in [5, 5.41) is 20.7. The van der Waals surface area contributed by atoms with Gasteiger partial charge in [0.1, 0.15) is 0 Å². The topological polar surface area (TPSA) is 116 Å². The number of hydrogen-bond donors (Lipinski definition) is 2. The summed E-state index contributed by atoms with van der Waals surface area (Å²) in [6.07, 6.45) is 6.43. The minimum absolute atomic E-state index is 0.0684. The second kappa shape index (κ2) is 7.16. The first-order valence-corrected chi connectivity index (χ1v) is 10.4. The molecule has 1 aliphatic rings. The Hall–Kier alpha value is -3.27. The molecule has 0 saturated heterocycles. The summed E-state index contributed by atoms with van der Waals surface area (Å²) in [5.41, 5.74) is 6.85. The number of methoxy groups -OCH3 is 1. The maximum Gasteiger partial charge on any atom is 0.223 e. The van der Waals surface area contributed by atoms with Crippen LogP contribution in [0, 0.1) is 5.82 Å². The van der Waals surface area contributed by atoms with Gasteiger partial charge >= 0.3 is 0 Å². The van der Waals surface area contributed by atoms with Crippen LogP contribution in [0.5, 0.6) is 5.75 Å². The first-order chi connectivity index (χ1) is 14.9. The van der Waals surface area contributed by atoms with Crippen molar-refractivity contribution in [1.29, 1.82) is 0 Å². The van der Waals surface area contributed by atoms with Crippen LogP contribution in [-0.2, 0) is 12.1 Å². The Bertz CT molecular complexity index is 1280. The van der Waals surface area contributed by atoms with Crippen LogP contribution >= 0.6 is 0 Å². The molecule has 9 nitrogen and oxygen atoms in total. The third-order valence-electron chi connectivity index (χ3n) is 6.17. The van der Waals surface area contributed by atoms with Crippen molar-refractivity contribution < 1.29 is 14.2 Å². The van der Waals surface area contributed by atoms with Crippen molar-refractivity contribution in [2.45, 2.75) is 50.7 Å². The van der Waals surface area contributed by atoms with Crippen LogP contribution in [-0.4, -0.2) is 41.6 Å². The fourth-order valence-electron chi connectivity index (χ4n) is 4.49. The van der Waals surface area contributed by atoms with Crippen LogP contribution in [0.15, 0.2) is 24.5 Å². The molecule has 4 aromatic rings. The lowest BCUT2D eigenvalue weighted by Gasteiger charge is -2.35. The van der Waals surface area contributed by atoms with Gasteiger partial charge in [0.15, 0.2) is 23.0 Å². The van der Waals surface area contributed by atoms with Gasteiger partial charge < -0.3 is 15.6 Å². The third kappa shape index (κ3) is 3.18. The van der Waals surface area contributed by atoms with Gasteiger partial charge in [-0.3, -0.25) is 4.68 Å². The second-order valence-electron chi connectivity index (χ2n) is 8.09. The molecule has 31 heavy (non-hydrogen) atoms. The molecule has 0 amide bonds. The number of nitrogens with zero attached hydrogens (tertiary/aromatic N) is 6. The maximum atomic E-state index is 14.3. The number of aliphatic hydroxyl groups is 1. The lowest BCUT2D eigenvalue weighted by atomic mass is 9.75. The van der Waals surface area contributed by atoms with Crippen LogP contribution in [0.1, 0.15) is 49.9 Å². The number of aromatic nitrogens is 6. The zero-order chi connectivity index (χ0) is 21.8. The lowest BCUT2D eigenvalue weighted by Crippen LogP contribution is -2.32. The van der Waals surface area contributed by atoms with E-state index in [0.29, 0.717) is 35.2 Å². The molecule has 1 aromatic carbocycles. The summed E-state index contributed by atoms with van der Waals surface area (Å²) in [4.78, 5) is 9.03. The van der Waals surface area contributed by atoms with E-state index in [0.717, 1.165) is 24.9 Å². The minimum Gasteiger partial charge on any atom is -0.494 e. The van der Waals surface area contributed by atoms with Crippen LogP contribution in [0.3, 0.4) is 0 Å². The summed E-state index contributed by atoms with van der Waals surface area (Å²) in [6, 6.07) is 2.84. The predicted octanol–water partition coefficient (Wildman–Crippen LogP) is 2.77. The molecular weight excluding hydrogens is 401 g/mol. The van der Waals surface area contributed by atoms with Crippen LogP contribution < -0.4 is 10.5 Å². The van der Waals surface area contributed by atoms with Crippen molar-refractivity contribution in [2.75, 3.05) is 12.8 Å². The quantitative estimate of drug-likeness (QED) is 0.516. The number of rotatable bonds is 4. The summed E-state index contributed by atoms with van der Waals surface area (Å²) in [6.45, 7) is 2.75. The van der Waals surface area contributed by atoms with Gasteiger partial charge in [-0.15, -0.1) is 5.10 Å². The second-order valence-corrected chi connectivity index (χ2v) is 8.09. The number of benzene rings is 1. The molecule has 1 fully saturated rings. The Morgan fingerprint density at radius 3 is 2.94 bits per heavy atom. The van der Waals surface area contributed by atoms with Gasteiger partial charge in [-0.05, 0) is 38.7 Å². The molecule has 10 heteroatoms. The number of nitrogens with two attached hydrogens (primary N) is 1. The van der Waals surface area contributed by atoms with Gasteiger partial charge in [-0.25, -0.2) is 14.4 Å². The molecule has 0 spiro atoms. The number of aryl methyl sites for hydroxylation is 1. The molecule has 3 N–H and O–H groups in total.